The van der Waals surface area contributed by atoms with E-state index in [2.05, 4.69) is 48.9 Å². The third kappa shape index (κ3) is 5.19. The molecule has 0 aromatic heterocycles. The van der Waals surface area contributed by atoms with Gasteiger partial charge in [0.15, 0.2) is 0 Å². The SMILES string of the molecule is CC1CCC(N(C)Cc2cccc(C#CCCO)c2)CC1. The lowest BCUT2D eigenvalue weighted by Crippen LogP contribution is -2.34. The van der Waals surface area contributed by atoms with E-state index in [1.807, 2.05) is 6.07 Å². The number of aliphatic hydroxyl groups is 1. The molecule has 0 unspecified atom stereocenters. The van der Waals surface area contributed by atoms with Gasteiger partial charge >= 0.3 is 0 Å². The summed E-state index contributed by atoms with van der Waals surface area (Å²) in [5.74, 6) is 7.01. The van der Waals surface area contributed by atoms with E-state index in [0.717, 1.165) is 24.1 Å². The van der Waals surface area contributed by atoms with Crippen molar-refractivity contribution in [3.63, 3.8) is 0 Å². The summed E-state index contributed by atoms with van der Waals surface area (Å²) >= 11 is 0. The molecule has 1 fully saturated rings. The highest BCUT2D eigenvalue weighted by Gasteiger charge is 2.21. The largest absolute Gasteiger partial charge is 0.395 e. The molecule has 1 N–H and O–H groups in total. The number of rotatable bonds is 4. The van der Waals surface area contributed by atoms with E-state index < -0.39 is 0 Å². The third-order valence-electron chi connectivity index (χ3n) is 4.44. The zero-order chi connectivity index (χ0) is 15.1. The highest BCUT2D eigenvalue weighted by molar-refractivity contribution is 5.37. The van der Waals surface area contributed by atoms with Gasteiger partial charge in [0.2, 0.25) is 0 Å². The van der Waals surface area contributed by atoms with E-state index in [9.17, 15) is 0 Å². The number of nitrogens with zero attached hydrogens (tertiary/aromatic N) is 1. The van der Waals surface area contributed by atoms with Crippen molar-refractivity contribution >= 4 is 0 Å². The molecule has 0 bridgehead atoms. The fourth-order valence-corrected chi connectivity index (χ4v) is 3.07. The molecule has 2 nitrogen and oxygen atoms in total. The Labute approximate surface area is 129 Å². The first kappa shape index (κ1) is 16.1. The maximum Gasteiger partial charge on any atom is 0.0540 e. The van der Waals surface area contributed by atoms with Gasteiger partial charge in [-0.2, -0.15) is 0 Å². The van der Waals surface area contributed by atoms with E-state index in [1.54, 1.807) is 0 Å². The summed E-state index contributed by atoms with van der Waals surface area (Å²) in [6.07, 6.45) is 5.93. The summed E-state index contributed by atoms with van der Waals surface area (Å²) in [6.45, 7) is 3.49. The average molecular weight is 285 g/mol. The van der Waals surface area contributed by atoms with Gasteiger partial charge in [-0.3, -0.25) is 4.90 Å². The minimum atomic E-state index is 0.134. The highest BCUT2D eigenvalue weighted by Crippen LogP contribution is 2.27. The van der Waals surface area contributed by atoms with Gasteiger partial charge in [-0.1, -0.05) is 30.9 Å². The monoisotopic (exact) mass is 285 g/mol. The molecule has 1 aromatic rings. The topological polar surface area (TPSA) is 23.5 Å². The number of hydrogen-bond donors (Lipinski definition) is 1. The van der Waals surface area contributed by atoms with Crippen LogP contribution in [0.15, 0.2) is 24.3 Å². The molecule has 2 rings (SSSR count). The minimum absolute atomic E-state index is 0.134. The molecule has 0 spiro atoms. The highest BCUT2D eigenvalue weighted by atomic mass is 16.2. The van der Waals surface area contributed by atoms with Crippen molar-refractivity contribution in [1.29, 1.82) is 0 Å². The maximum atomic E-state index is 8.77. The van der Waals surface area contributed by atoms with E-state index in [4.69, 9.17) is 5.11 Å². The summed E-state index contributed by atoms with van der Waals surface area (Å²) in [5, 5.41) is 8.77. The summed E-state index contributed by atoms with van der Waals surface area (Å²) in [4.78, 5) is 2.49. The van der Waals surface area contributed by atoms with Crippen molar-refractivity contribution in [2.75, 3.05) is 13.7 Å². The van der Waals surface area contributed by atoms with Crippen molar-refractivity contribution in [2.45, 2.75) is 51.6 Å². The van der Waals surface area contributed by atoms with E-state index in [-0.39, 0.29) is 6.61 Å². The first-order chi connectivity index (χ1) is 10.2. The average Bonchev–Trinajstić information content (AvgIpc) is 2.48. The quantitative estimate of drug-likeness (QED) is 0.857. The van der Waals surface area contributed by atoms with Gasteiger partial charge in [-0.15, -0.1) is 0 Å². The van der Waals surface area contributed by atoms with Crippen molar-refractivity contribution in [1.82, 2.24) is 4.90 Å². The molecule has 0 heterocycles. The Balaban J connectivity index is 1.93. The van der Waals surface area contributed by atoms with Crippen LogP contribution in [0.2, 0.25) is 0 Å². The van der Waals surface area contributed by atoms with Gasteiger partial charge in [0.1, 0.15) is 0 Å². The predicted molar refractivity (Wildman–Crippen MR) is 87.9 cm³/mol. The summed E-state index contributed by atoms with van der Waals surface area (Å²) in [6, 6.07) is 9.20. The first-order valence-electron chi connectivity index (χ1n) is 8.08. The second-order valence-corrected chi connectivity index (χ2v) is 6.30. The van der Waals surface area contributed by atoms with Crippen molar-refractivity contribution in [3.8, 4) is 11.8 Å². The maximum absolute atomic E-state index is 8.77. The molecular weight excluding hydrogens is 258 g/mol. The molecule has 0 amide bonds. The second kappa shape index (κ2) is 8.22. The van der Waals surface area contributed by atoms with E-state index in [1.165, 1.54) is 31.2 Å². The van der Waals surface area contributed by atoms with Crippen molar-refractivity contribution in [2.24, 2.45) is 5.92 Å². The molecule has 2 heteroatoms. The fourth-order valence-electron chi connectivity index (χ4n) is 3.07. The van der Waals surface area contributed by atoms with Gasteiger partial charge < -0.3 is 5.11 Å². The Morgan fingerprint density at radius 3 is 2.71 bits per heavy atom. The van der Waals surface area contributed by atoms with Crippen LogP contribution in [0.4, 0.5) is 0 Å². The van der Waals surface area contributed by atoms with Gasteiger partial charge in [-0.25, -0.2) is 0 Å². The van der Waals surface area contributed by atoms with Crippen LogP contribution < -0.4 is 0 Å². The second-order valence-electron chi connectivity index (χ2n) is 6.30. The molecular formula is C19H27NO. The van der Waals surface area contributed by atoms with Gasteiger partial charge in [0, 0.05) is 24.6 Å². The number of benzene rings is 1. The lowest BCUT2D eigenvalue weighted by atomic mass is 9.86. The Morgan fingerprint density at radius 2 is 2.00 bits per heavy atom. The van der Waals surface area contributed by atoms with Gasteiger partial charge in [0.25, 0.3) is 0 Å². The molecule has 21 heavy (non-hydrogen) atoms. The van der Waals surface area contributed by atoms with E-state index in [0.29, 0.717) is 6.42 Å². The zero-order valence-corrected chi connectivity index (χ0v) is 13.3. The van der Waals surface area contributed by atoms with E-state index >= 15 is 0 Å². The molecule has 0 aliphatic heterocycles. The Morgan fingerprint density at radius 1 is 1.24 bits per heavy atom. The Bertz CT molecular complexity index is 492. The van der Waals surface area contributed by atoms with Crippen LogP contribution in [0.25, 0.3) is 0 Å². The molecule has 0 saturated heterocycles. The van der Waals surface area contributed by atoms with Crippen LogP contribution in [0.1, 0.15) is 50.2 Å². The minimum Gasteiger partial charge on any atom is -0.395 e. The smallest absolute Gasteiger partial charge is 0.0540 e. The fraction of sp³-hybridized carbons (Fsp3) is 0.579. The van der Waals surface area contributed by atoms with Crippen LogP contribution >= 0.6 is 0 Å². The molecule has 114 valence electrons. The van der Waals surface area contributed by atoms with Gasteiger partial charge in [0.05, 0.1) is 6.61 Å². The Kier molecular flexibility index (Phi) is 6.29. The van der Waals surface area contributed by atoms with Crippen LogP contribution in [-0.4, -0.2) is 29.7 Å². The molecule has 1 aromatic carbocycles. The molecule has 1 aliphatic carbocycles. The normalized spacial score (nSPS) is 21.9. The number of hydrogen-bond acceptors (Lipinski definition) is 2. The van der Waals surface area contributed by atoms with Crippen LogP contribution in [-0.2, 0) is 6.54 Å². The molecule has 1 aliphatic rings. The summed E-state index contributed by atoms with van der Waals surface area (Å²) < 4.78 is 0. The number of aliphatic hydroxyl groups excluding tert-OH is 1. The van der Waals surface area contributed by atoms with Gasteiger partial charge in [-0.05, 0) is 56.3 Å². The third-order valence-corrected chi connectivity index (χ3v) is 4.44. The summed E-state index contributed by atoms with van der Waals surface area (Å²) in [7, 11) is 2.24. The molecule has 0 radical (unpaired) electrons. The van der Waals surface area contributed by atoms with Crippen LogP contribution in [0, 0.1) is 17.8 Å². The molecule has 0 atom stereocenters. The standard InChI is InChI=1S/C19H27NO/c1-16-9-11-19(12-10-16)20(2)15-18-8-5-7-17(14-18)6-3-4-13-21/h5,7-8,14,16,19,21H,4,9-13,15H2,1-2H3. The lowest BCUT2D eigenvalue weighted by molar-refractivity contribution is 0.164. The first-order valence-corrected chi connectivity index (χ1v) is 8.08. The zero-order valence-electron chi connectivity index (χ0n) is 13.3. The van der Waals surface area contributed by atoms with Crippen LogP contribution in [0.3, 0.4) is 0 Å². The van der Waals surface area contributed by atoms with Crippen molar-refractivity contribution in [3.05, 3.63) is 35.4 Å². The molecule has 1 saturated carbocycles. The predicted octanol–water partition coefficient (Wildman–Crippen LogP) is 3.43. The Hall–Kier alpha value is -1.30. The lowest BCUT2D eigenvalue weighted by Gasteiger charge is -2.33. The van der Waals surface area contributed by atoms with Crippen molar-refractivity contribution < 1.29 is 5.11 Å². The van der Waals surface area contributed by atoms with Crippen LogP contribution in [0.5, 0.6) is 0 Å². The summed E-state index contributed by atoms with van der Waals surface area (Å²) in [5.41, 5.74) is 2.37.